The molecule has 0 aromatic heterocycles. The van der Waals surface area contributed by atoms with Crippen LogP contribution in [0.2, 0.25) is 0 Å². The first-order chi connectivity index (χ1) is 12.4. The maximum Gasteiger partial charge on any atom is 0.294 e. The molecule has 2 aromatic rings. The van der Waals surface area contributed by atoms with Gasteiger partial charge in [-0.05, 0) is 50.5 Å². The maximum atomic E-state index is 12.5. The Kier molecular flexibility index (Phi) is 5.13. The Morgan fingerprint density at radius 3 is 2.31 bits per heavy atom. The normalized spacial score (nSPS) is 14.9. The molecule has 26 heavy (non-hydrogen) atoms. The van der Waals surface area contributed by atoms with Gasteiger partial charge in [0.05, 0.1) is 15.5 Å². The fourth-order valence-corrected chi connectivity index (χ4v) is 4.12. The summed E-state index contributed by atoms with van der Waals surface area (Å²) in [7, 11) is -3.80. The van der Waals surface area contributed by atoms with Crippen LogP contribution in [0.4, 0.5) is 17.1 Å². The predicted molar refractivity (Wildman–Crippen MR) is 101 cm³/mol. The van der Waals surface area contributed by atoms with Crippen molar-refractivity contribution in [2.75, 3.05) is 22.7 Å². The van der Waals surface area contributed by atoms with E-state index >= 15 is 0 Å². The second-order valence-electron chi connectivity index (χ2n) is 6.43. The van der Waals surface area contributed by atoms with Gasteiger partial charge in [0.2, 0.25) is 0 Å². The van der Waals surface area contributed by atoms with E-state index in [1.807, 2.05) is 11.8 Å². The summed E-state index contributed by atoms with van der Waals surface area (Å²) in [5, 5.41) is 11.5. The maximum absolute atomic E-state index is 12.5. The van der Waals surface area contributed by atoms with Crippen LogP contribution in [0.15, 0.2) is 47.4 Å². The van der Waals surface area contributed by atoms with E-state index in [9.17, 15) is 18.5 Å². The molecule has 1 aliphatic rings. The van der Waals surface area contributed by atoms with Gasteiger partial charge in [0.25, 0.3) is 15.7 Å². The van der Waals surface area contributed by atoms with E-state index in [2.05, 4.69) is 4.72 Å². The van der Waals surface area contributed by atoms with Crippen molar-refractivity contribution in [2.45, 2.75) is 31.1 Å². The predicted octanol–water partition coefficient (Wildman–Crippen LogP) is 3.69. The highest BCUT2D eigenvalue weighted by Gasteiger charge is 2.23. The average molecular weight is 375 g/mol. The Labute approximate surface area is 152 Å². The highest BCUT2D eigenvalue weighted by molar-refractivity contribution is 7.92. The van der Waals surface area contributed by atoms with Crippen LogP contribution in [0.5, 0.6) is 0 Å². The van der Waals surface area contributed by atoms with E-state index in [1.54, 1.807) is 24.3 Å². The quantitative estimate of drug-likeness (QED) is 0.635. The first-order valence-electron chi connectivity index (χ1n) is 8.50. The molecule has 0 unspecified atom stereocenters. The largest absolute Gasteiger partial charge is 0.366 e. The lowest BCUT2D eigenvalue weighted by Gasteiger charge is -2.28. The average Bonchev–Trinajstić information content (AvgIpc) is 2.62. The molecule has 0 aliphatic carbocycles. The second-order valence-corrected chi connectivity index (χ2v) is 8.11. The second kappa shape index (κ2) is 7.33. The number of nitro groups is 1. The zero-order valence-corrected chi connectivity index (χ0v) is 15.3. The Morgan fingerprint density at radius 1 is 1.04 bits per heavy atom. The van der Waals surface area contributed by atoms with Gasteiger partial charge in [0.15, 0.2) is 0 Å². The lowest BCUT2D eigenvalue weighted by atomic mass is 10.1. The summed E-state index contributed by atoms with van der Waals surface area (Å²) in [4.78, 5) is 13.1. The molecule has 1 fully saturated rings. The van der Waals surface area contributed by atoms with Gasteiger partial charge in [-0.1, -0.05) is 17.7 Å². The lowest BCUT2D eigenvalue weighted by Crippen LogP contribution is -2.30. The van der Waals surface area contributed by atoms with Crippen LogP contribution in [-0.2, 0) is 10.0 Å². The van der Waals surface area contributed by atoms with E-state index in [1.165, 1.54) is 18.2 Å². The smallest absolute Gasteiger partial charge is 0.294 e. The van der Waals surface area contributed by atoms with Crippen molar-refractivity contribution in [3.63, 3.8) is 0 Å². The number of hydrogen-bond donors (Lipinski definition) is 1. The molecule has 7 nitrogen and oxygen atoms in total. The number of piperidine rings is 1. The van der Waals surface area contributed by atoms with Crippen molar-refractivity contribution >= 4 is 27.1 Å². The van der Waals surface area contributed by atoms with Gasteiger partial charge < -0.3 is 4.90 Å². The summed E-state index contributed by atoms with van der Waals surface area (Å²) < 4.78 is 27.4. The Balaban J connectivity index is 1.89. The zero-order chi connectivity index (χ0) is 18.7. The summed E-state index contributed by atoms with van der Waals surface area (Å²) in [5.41, 5.74) is 1.58. The molecule has 8 heteroatoms. The molecule has 0 atom stereocenters. The van der Waals surface area contributed by atoms with Crippen LogP contribution < -0.4 is 9.62 Å². The van der Waals surface area contributed by atoms with Crippen molar-refractivity contribution in [2.24, 2.45) is 0 Å². The highest BCUT2D eigenvalue weighted by atomic mass is 32.2. The van der Waals surface area contributed by atoms with Crippen molar-refractivity contribution < 1.29 is 13.3 Å². The zero-order valence-electron chi connectivity index (χ0n) is 14.5. The minimum atomic E-state index is -3.80. The van der Waals surface area contributed by atoms with E-state index in [0.29, 0.717) is 5.69 Å². The third-order valence-corrected chi connectivity index (χ3v) is 5.85. The molecule has 1 N–H and O–H groups in total. The molecule has 3 rings (SSSR count). The van der Waals surface area contributed by atoms with E-state index in [-0.39, 0.29) is 16.3 Å². The van der Waals surface area contributed by atoms with E-state index in [0.717, 1.165) is 37.9 Å². The summed E-state index contributed by atoms with van der Waals surface area (Å²) in [6.07, 6.45) is 3.12. The van der Waals surface area contributed by atoms with Crippen LogP contribution in [0.3, 0.4) is 0 Å². The van der Waals surface area contributed by atoms with Crippen LogP contribution in [0, 0.1) is 17.0 Å². The van der Waals surface area contributed by atoms with E-state index < -0.39 is 14.9 Å². The molecule has 0 radical (unpaired) electrons. The van der Waals surface area contributed by atoms with Gasteiger partial charge in [-0.25, -0.2) is 8.42 Å². The lowest BCUT2D eigenvalue weighted by molar-refractivity contribution is -0.384. The van der Waals surface area contributed by atoms with Crippen molar-refractivity contribution in [3.8, 4) is 0 Å². The summed E-state index contributed by atoms with van der Waals surface area (Å²) >= 11 is 0. The minimum Gasteiger partial charge on any atom is -0.366 e. The molecule has 0 spiro atoms. The van der Waals surface area contributed by atoms with Gasteiger partial charge in [-0.3, -0.25) is 14.8 Å². The number of sulfonamides is 1. The van der Waals surface area contributed by atoms with Gasteiger partial charge >= 0.3 is 0 Å². The third-order valence-electron chi connectivity index (χ3n) is 4.45. The number of anilines is 2. The fourth-order valence-electron chi connectivity index (χ4n) is 3.07. The molecular weight excluding hydrogens is 354 g/mol. The number of nitrogens with one attached hydrogen (secondary N) is 1. The monoisotopic (exact) mass is 375 g/mol. The number of nitro benzene ring substituents is 1. The van der Waals surface area contributed by atoms with Gasteiger partial charge in [-0.2, -0.15) is 0 Å². The highest BCUT2D eigenvalue weighted by Crippen LogP contribution is 2.33. The standard InChI is InChI=1S/C18H21N3O4S/c1-14-5-8-16(9-6-14)26(24,25)19-15-7-10-17(18(13-15)21(22)23)20-11-3-2-4-12-20/h5-10,13,19H,2-4,11-12H2,1H3. The topological polar surface area (TPSA) is 92.6 Å². The van der Waals surface area contributed by atoms with Crippen molar-refractivity contribution in [1.82, 2.24) is 0 Å². The first-order valence-corrected chi connectivity index (χ1v) is 9.98. The number of aryl methyl sites for hydroxylation is 1. The molecular formula is C18H21N3O4S. The van der Waals surface area contributed by atoms with Crippen molar-refractivity contribution in [3.05, 3.63) is 58.1 Å². The summed E-state index contributed by atoms with van der Waals surface area (Å²) in [6, 6.07) is 10.9. The molecule has 0 bridgehead atoms. The molecule has 1 aliphatic heterocycles. The van der Waals surface area contributed by atoms with Crippen LogP contribution >= 0.6 is 0 Å². The minimum absolute atomic E-state index is 0.0870. The van der Waals surface area contributed by atoms with Gasteiger partial charge in [0, 0.05) is 19.2 Å². The molecule has 1 heterocycles. The third kappa shape index (κ3) is 3.96. The molecule has 1 saturated heterocycles. The molecule has 138 valence electrons. The SMILES string of the molecule is Cc1ccc(S(=O)(=O)Nc2ccc(N3CCCCC3)c([N+](=O)[O-])c2)cc1. The number of hydrogen-bond acceptors (Lipinski definition) is 5. The Morgan fingerprint density at radius 2 is 1.69 bits per heavy atom. The van der Waals surface area contributed by atoms with E-state index in [4.69, 9.17) is 0 Å². The Hall–Kier alpha value is -2.61. The van der Waals surface area contributed by atoms with Crippen LogP contribution in [-0.4, -0.2) is 26.4 Å². The fraction of sp³-hybridized carbons (Fsp3) is 0.333. The van der Waals surface area contributed by atoms with Gasteiger partial charge in [0.1, 0.15) is 5.69 Å². The van der Waals surface area contributed by atoms with Crippen LogP contribution in [0.25, 0.3) is 0 Å². The van der Waals surface area contributed by atoms with Crippen molar-refractivity contribution in [1.29, 1.82) is 0 Å². The Bertz CT molecular complexity index is 905. The number of rotatable bonds is 5. The first kappa shape index (κ1) is 18.2. The van der Waals surface area contributed by atoms with Gasteiger partial charge in [-0.15, -0.1) is 0 Å². The molecule has 0 amide bonds. The molecule has 2 aromatic carbocycles. The summed E-state index contributed by atoms with van der Waals surface area (Å²) in [6.45, 7) is 3.41. The molecule has 0 saturated carbocycles. The number of nitrogens with zero attached hydrogens (tertiary/aromatic N) is 2. The van der Waals surface area contributed by atoms with Crippen LogP contribution in [0.1, 0.15) is 24.8 Å². The number of benzene rings is 2. The summed E-state index contributed by atoms with van der Waals surface area (Å²) in [5.74, 6) is 0.